The molecule has 0 aliphatic rings. The van der Waals surface area contributed by atoms with Crippen LogP contribution in [-0.4, -0.2) is 20.2 Å². The van der Waals surface area contributed by atoms with Gasteiger partial charge in [0.05, 0.1) is 17.2 Å². The van der Waals surface area contributed by atoms with Crippen LogP contribution in [0.15, 0.2) is 41.6 Å². The number of aromatic nitrogens is 4. The maximum atomic E-state index is 11.9. The smallest absolute Gasteiger partial charge is 0.264 e. The van der Waals surface area contributed by atoms with Crippen LogP contribution in [0.1, 0.15) is 0 Å². The van der Waals surface area contributed by atoms with E-state index in [1.807, 2.05) is 12.1 Å². The first-order valence-electron chi connectivity index (χ1n) is 5.62. The van der Waals surface area contributed by atoms with E-state index < -0.39 is 0 Å². The van der Waals surface area contributed by atoms with Gasteiger partial charge >= 0.3 is 5.56 Å². The minimum Gasteiger partial charge on any atom is -0.264 e. The zero-order chi connectivity index (χ0) is 12.8. The van der Waals surface area contributed by atoms with Crippen LogP contribution in [0.4, 0.5) is 0 Å². The molecule has 3 heterocycles. The number of benzene rings is 1. The Kier molecular flexibility index (Phi) is 2.07. The van der Waals surface area contributed by atoms with Gasteiger partial charge in [-0.15, -0.1) is 16.4 Å². The summed E-state index contributed by atoms with van der Waals surface area (Å²) in [5.41, 5.74) is 1.31. The van der Waals surface area contributed by atoms with Crippen molar-refractivity contribution in [2.24, 2.45) is 0 Å². The number of thiophene rings is 1. The largest absolute Gasteiger partial charge is 0.306 e. The molecule has 0 saturated heterocycles. The van der Waals surface area contributed by atoms with Crippen molar-refractivity contribution < 1.29 is 0 Å². The lowest BCUT2D eigenvalue weighted by Crippen LogP contribution is -2.00. The highest BCUT2D eigenvalue weighted by Gasteiger charge is 2.11. The van der Waals surface area contributed by atoms with E-state index in [-0.39, 0.29) is 5.56 Å². The Bertz CT molecular complexity index is 996. The first kappa shape index (κ1) is 10.5. The van der Waals surface area contributed by atoms with E-state index in [1.165, 1.54) is 17.5 Å². The Hall–Kier alpha value is -2.47. The SMILES string of the molecule is O=c1nnccc2c1sc1ccc3nccnc3c12. The zero-order valence-corrected chi connectivity index (χ0v) is 10.4. The first-order chi connectivity index (χ1) is 9.34. The molecule has 0 atom stereocenters. The van der Waals surface area contributed by atoms with Gasteiger partial charge in [0.25, 0.3) is 0 Å². The molecule has 90 valence electrons. The molecule has 0 spiro atoms. The minimum absolute atomic E-state index is 0.307. The Morgan fingerprint density at radius 1 is 1.00 bits per heavy atom. The second kappa shape index (κ2) is 3.76. The molecule has 0 unspecified atom stereocenters. The summed E-state index contributed by atoms with van der Waals surface area (Å²) in [6.45, 7) is 0. The highest BCUT2D eigenvalue weighted by molar-refractivity contribution is 7.25. The lowest BCUT2D eigenvalue weighted by molar-refractivity contribution is 1.02. The molecule has 4 rings (SSSR count). The second-order valence-electron chi connectivity index (χ2n) is 4.04. The van der Waals surface area contributed by atoms with E-state index in [2.05, 4.69) is 20.2 Å². The van der Waals surface area contributed by atoms with Gasteiger partial charge in [0.15, 0.2) is 0 Å². The summed E-state index contributed by atoms with van der Waals surface area (Å²) >= 11 is 1.41. The molecule has 0 saturated carbocycles. The molecule has 5 nitrogen and oxygen atoms in total. The number of fused-ring (bicyclic) bond motifs is 5. The van der Waals surface area contributed by atoms with Crippen LogP contribution >= 0.6 is 11.3 Å². The standard InChI is InChI=1S/C13H6N4OS/c18-13-12-7(3-4-16-17-13)10-9(19-12)2-1-8-11(10)15-6-5-14-8/h1-6H. The molecule has 3 aromatic heterocycles. The molecule has 0 radical (unpaired) electrons. The van der Waals surface area contributed by atoms with Crippen molar-refractivity contribution in [3.05, 3.63) is 47.1 Å². The molecule has 19 heavy (non-hydrogen) atoms. The third kappa shape index (κ3) is 1.43. The van der Waals surface area contributed by atoms with Crippen LogP contribution in [0, 0.1) is 0 Å². The monoisotopic (exact) mass is 266 g/mol. The molecule has 6 heteroatoms. The molecular formula is C13H6N4OS. The van der Waals surface area contributed by atoms with Gasteiger partial charge in [-0.2, -0.15) is 5.10 Å². The molecular weight excluding hydrogens is 260 g/mol. The number of hydrogen-bond donors (Lipinski definition) is 0. The van der Waals surface area contributed by atoms with Crippen molar-refractivity contribution >= 4 is 42.5 Å². The van der Waals surface area contributed by atoms with Gasteiger partial charge in [-0.3, -0.25) is 14.8 Å². The topological polar surface area (TPSA) is 68.6 Å². The lowest BCUT2D eigenvalue weighted by atomic mass is 10.1. The average Bonchev–Trinajstić information content (AvgIpc) is 2.73. The van der Waals surface area contributed by atoms with E-state index in [9.17, 15) is 4.79 Å². The normalized spacial score (nSPS) is 11.4. The van der Waals surface area contributed by atoms with Crippen LogP contribution in [-0.2, 0) is 0 Å². The van der Waals surface area contributed by atoms with Gasteiger partial charge in [-0.05, 0) is 18.2 Å². The first-order valence-corrected chi connectivity index (χ1v) is 6.44. The van der Waals surface area contributed by atoms with Crippen molar-refractivity contribution in [3.8, 4) is 0 Å². The Morgan fingerprint density at radius 2 is 1.89 bits per heavy atom. The van der Waals surface area contributed by atoms with Gasteiger partial charge in [-0.25, -0.2) is 0 Å². The Labute approximate surface area is 110 Å². The maximum absolute atomic E-state index is 11.9. The number of hydrogen-bond acceptors (Lipinski definition) is 6. The zero-order valence-electron chi connectivity index (χ0n) is 9.57. The third-order valence-corrected chi connectivity index (χ3v) is 4.14. The van der Waals surface area contributed by atoms with Gasteiger partial charge in [0, 0.05) is 27.9 Å². The number of nitrogens with zero attached hydrogens (tertiary/aromatic N) is 4. The second-order valence-corrected chi connectivity index (χ2v) is 5.10. The molecule has 4 aromatic rings. The van der Waals surface area contributed by atoms with Crippen molar-refractivity contribution in [2.75, 3.05) is 0 Å². The maximum Gasteiger partial charge on any atom is 0.306 e. The molecule has 0 aliphatic heterocycles. The van der Waals surface area contributed by atoms with Gasteiger partial charge in [0.2, 0.25) is 0 Å². The van der Waals surface area contributed by atoms with E-state index in [0.717, 1.165) is 26.5 Å². The van der Waals surface area contributed by atoms with E-state index in [1.54, 1.807) is 18.5 Å². The molecule has 0 N–H and O–H groups in total. The molecule has 0 bridgehead atoms. The summed E-state index contributed by atoms with van der Waals surface area (Å²) in [6, 6.07) is 5.68. The minimum atomic E-state index is -0.307. The van der Waals surface area contributed by atoms with E-state index in [4.69, 9.17) is 0 Å². The fourth-order valence-electron chi connectivity index (χ4n) is 2.20. The molecule has 0 fully saturated rings. The number of rotatable bonds is 0. The van der Waals surface area contributed by atoms with Crippen molar-refractivity contribution in [1.29, 1.82) is 0 Å². The summed E-state index contributed by atoms with van der Waals surface area (Å²) in [7, 11) is 0. The van der Waals surface area contributed by atoms with Crippen LogP contribution in [0.2, 0.25) is 0 Å². The average molecular weight is 266 g/mol. The summed E-state index contributed by atoms with van der Waals surface area (Å²) in [5.74, 6) is 0. The van der Waals surface area contributed by atoms with Crippen LogP contribution < -0.4 is 5.56 Å². The molecule has 0 aliphatic carbocycles. The summed E-state index contributed by atoms with van der Waals surface area (Å²) in [6.07, 6.45) is 4.85. The van der Waals surface area contributed by atoms with Crippen LogP contribution in [0.25, 0.3) is 31.2 Å². The van der Waals surface area contributed by atoms with Crippen molar-refractivity contribution in [1.82, 2.24) is 20.2 Å². The molecule has 1 aromatic carbocycles. The Morgan fingerprint density at radius 3 is 2.84 bits per heavy atom. The summed E-state index contributed by atoms with van der Waals surface area (Å²) in [4.78, 5) is 20.6. The lowest BCUT2D eigenvalue weighted by Gasteiger charge is -1.97. The van der Waals surface area contributed by atoms with Crippen LogP contribution in [0.3, 0.4) is 0 Å². The predicted octanol–water partition coefficient (Wildman–Crippen LogP) is 2.15. The van der Waals surface area contributed by atoms with Crippen molar-refractivity contribution in [2.45, 2.75) is 0 Å². The molecule has 0 amide bonds. The highest BCUT2D eigenvalue weighted by atomic mass is 32.1. The van der Waals surface area contributed by atoms with Crippen LogP contribution in [0.5, 0.6) is 0 Å². The summed E-state index contributed by atoms with van der Waals surface area (Å²) < 4.78 is 1.61. The fraction of sp³-hybridized carbons (Fsp3) is 0. The quantitative estimate of drug-likeness (QED) is 0.488. The fourth-order valence-corrected chi connectivity index (χ4v) is 3.27. The van der Waals surface area contributed by atoms with Gasteiger partial charge < -0.3 is 0 Å². The Balaban J connectivity index is 2.41. The van der Waals surface area contributed by atoms with Crippen molar-refractivity contribution in [3.63, 3.8) is 0 Å². The van der Waals surface area contributed by atoms with E-state index >= 15 is 0 Å². The highest BCUT2D eigenvalue weighted by Crippen LogP contribution is 2.34. The van der Waals surface area contributed by atoms with Gasteiger partial charge in [0.1, 0.15) is 4.70 Å². The predicted molar refractivity (Wildman–Crippen MR) is 74.3 cm³/mol. The van der Waals surface area contributed by atoms with Gasteiger partial charge in [-0.1, -0.05) is 0 Å². The third-order valence-electron chi connectivity index (χ3n) is 2.98. The van der Waals surface area contributed by atoms with E-state index in [0.29, 0.717) is 4.70 Å². The summed E-state index contributed by atoms with van der Waals surface area (Å²) in [5, 5.41) is 9.09.